The summed E-state index contributed by atoms with van der Waals surface area (Å²) in [5, 5.41) is 18.3. The van der Waals surface area contributed by atoms with Crippen molar-refractivity contribution in [3.8, 4) is 0 Å². The maximum atomic E-state index is 4.22. The summed E-state index contributed by atoms with van der Waals surface area (Å²) in [6.07, 6.45) is 1.89. The molecule has 2 heterocycles. The summed E-state index contributed by atoms with van der Waals surface area (Å²) in [4.78, 5) is 0. The van der Waals surface area contributed by atoms with Gasteiger partial charge in [0.25, 0.3) is 0 Å². The van der Waals surface area contributed by atoms with E-state index >= 15 is 0 Å². The van der Waals surface area contributed by atoms with Crippen LogP contribution < -0.4 is 5.32 Å². The number of nitrogens with one attached hydrogen (secondary N) is 1. The lowest BCUT2D eigenvalue weighted by molar-refractivity contribution is 0.709. The third kappa shape index (κ3) is 1.70. The molecule has 0 aliphatic carbocycles. The van der Waals surface area contributed by atoms with Crippen molar-refractivity contribution in [2.24, 2.45) is 14.1 Å². The Morgan fingerprint density at radius 3 is 2.86 bits per heavy atom. The monoisotopic (exact) mass is 193 g/mol. The minimum atomic E-state index is 0.620. The molecule has 0 saturated carbocycles. The van der Waals surface area contributed by atoms with Gasteiger partial charge in [-0.15, -0.1) is 0 Å². The second kappa shape index (κ2) is 3.44. The summed E-state index contributed by atoms with van der Waals surface area (Å²) < 4.78 is 3.33. The predicted octanol–water partition coefficient (Wildman–Crippen LogP) is -0.444. The van der Waals surface area contributed by atoms with Crippen molar-refractivity contribution >= 4 is 5.95 Å². The molecule has 14 heavy (non-hydrogen) atoms. The molecule has 0 amide bonds. The maximum absolute atomic E-state index is 4.22. The highest BCUT2D eigenvalue weighted by molar-refractivity contribution is 5.22. The highest BCUT2D eigenvalue weighted by atomic mass is 15.6. The normalized spacial score (nSPS) is 10.4. The van der Waals surface area contributed by atoms with Crippen molar-refractivity contribution < 1.29 is 0 Å². The Bertz CT molecular complexity index is 415. The van der Waals surface area contributed by atoms with Gasteiger partial charge in [-0.3, -0.25) is 4.68 Å². The van der Waals surface area contributed by atoms with E-state index in [9.17, 15) is 0 Å². The second-order valence-electron chi connectivity index (χ2n) is 2.96. The first kappa shape index (κ1) is 8.67. The van der Waals surface area contributed by atoms with Crippen LogP contribution in [0.4, 0.5) is 5.95 Å². The van der Waals surface area contributed by atoms with Crippen LogP contribution in [0.15, 0.2) is 12.3 Å². The molecule has 0 saturated heterocycles. The van der Waals surface area contributed by atoms with E-state index in [2.05, 4.69) is 25.9 Å². The van der Waals surface area contributed by atoms with Crippen LogP contribution in [0.1, 0.15) is 5.69 Å². The Kier molecular flexibility index (Phi) is 2.13. The molecule has 2 rings (SSSR count). The summed E-state index contributed by atoms with van der Waals surface area (Å²) in [5.74, 6) is 0.635. The van der Waals surface area contributed by atoms with Crippen molar-refractivity contribution in [1.82, 2.24) is 30.0 Å². The minimum absolute atomic E-state index is 0.620. The lowest BCUT2D eigenvalue weighted by Crippen LogP contribution is -2.06. The Balaban J connectivity index is 1.98. The van der Waals surface area contributed by atoms with Crippen LogP contribution in [0.5, 0.6) is 0 Å². The zero-order valence-electron chi connectivity index (χ0n) is 8.05. The lowest BCUT2D eigenvalue weighted by atomic mass is 10.4. The molecule has 0 aromatic carbocycles. The first-order valence-electron chi connectivity index (χ1n) is 4.20. The highest BCUT2D eigenvalue weighted by Gasteiger charge is 2.01. The molecule has 2 aromatic rings. The van der Waals surface area contributed by atoms with Crippen molar-refractivity contribution in [2.75, 3.05) is 5.32 Å². The topological polar surface area (TPSA) is 73.5 Å². The summed E-state index contributed by atoms with van der Waals surface area (Å²) in [6.45, 7) is 0.620. The Morgan fingerprint density at radius 1 is 1.43 bits per heavy atom. The summed E-state index contributed by atoms with van der Waals surface area (Å²) in [7, 11) is 3.66. The van der Waals surface area contributed by atoms with Gasteiger partial charge in [0.15, 0.2) is 0 Å². The van der Waals surface area contributed by atoms with Gasteiger partial charge in [0.1, 0.15) is 0 Å². The van der Waals surface area contributed by atoms with E-state index in [1.807, 2.05) is 19.3 Å². The van der Waals surface area contributed by atoms with Gasteiger partial charge in [-0.1, -0.05) is 5.10 Å². The van der Waals surface area contributed by atoms with Crippen molar-refractivity contribution in [3.05, 3.63) is 18.0 Å². The SMILES string of the molecule is Cn1ccc(CNc2nnnn2C)n1. The fourth-order valence-corrected chi connectivity index (χ4v) is 1.11. The second-order valence-corrected chi connectivity index (χ2v) is 2.96. The molecule has 0 bridgehead atoms. The van der Waals surface area contributed by atoms with Crippen LogP contribution in [-0.2, 0) is 20.6 Å². The molecule has 7 nitrogen and oxygen atoms in total. The van der Waals surface area contributed by atoms with Crippen molar-refractivity contribution in [2.45, 2.75) is 6.54 Å². The van der Waals surface area contributed by atoms with E-state index in [4.69, 9.17) is 0 Å². The molecule has 0 atom stereocenters. The first-order chi connectivity index (χ1) is 6.75. The highest BCUT2D eigenvalue weighted by Crippen LogP contribution is 2.00. The molecule has 0 aliphatic rings. The number of hydrogen-bond acceptors (Lipinski definition) is 5. The number of tetrazole rings is 1. The number of hydrogen-bond donors (Lipinski definition) is 1. The lowest BCUT2D eigenvalue weighted by Gasteiger charge is -2.00. The first-order valence-corrected chi connectivity index (χ1v) is 4.20. The molecule has 0 radical (unpaired) electrons. The smallest absolute Gasteiger partial charge is 0.242 e. The quantitative estimate of drug-likeness (QED) is 0.715. The van der Waals surface area contributed by atoms with Crippen LogP contribution in [0, 0.1) is 0 Å². The third-order valence-electron chi connectivity index (χ3n) is 1.82. The predicted molar refractivity (Wildman–Crippen MR) is 49.3 cm³/mol. The number of aromatic nitrogens is 6. The Hall–Kier alpha value is -1.92. The van der Waals surface area contributed by atoms with Crippen LogP contribution in [0.3, 0.4) is 0 Å². The molecule has 2 aromatic heterocycles. The molecular weight excluding hydrogens is 182 g/mol. The van der Waals surface area contributed by atoms with Crippen molar-refractivity contribution in [1.29, 1.82) is 0 Å². The molecule has 0 aliphatic heterocycles. The van der Waals surface area contributed by atoms with Gasteiger partial charge in [-0.25, -0.2) is 4.68 Å². The summed E-state index contributed by atoms with van der Waals surface area (Å²) in [6, 6.07) is 1.94. The van der Waals surface area contributed by atoms with Crippen LogP contribution >= 0.6 is 0 Å². The minimum Gasteiger partial charge on any atom is -0.347 e. The summed E-state index contributed by atoms with van der Waals surface area (Å²) >= 11 is 0. The van der Waals surface area contributed by atoms with Gasteiger partial charge in [0.2, 0.25) is 5.95 Å². The fourth-order valence-electron chi connectivity index (χ4n) is 1.11. The van der Waals surface area contributed by atoms with E-state index in [1.165, 1.54) is 0 Å². The van der Waals surface area contributed by atoms with Gasteiger partial charge in [0.05, 0.1) is 12.2 Å². The number of aryl methyl sites for hydroxylation is 2. The Labute approximate surface area is 80.7 Å². The van der Waals surface area contributed by atoms with Gasteiger partial charge >= 0.3 is 0 Å². The van der Waals surface area contributed by atoms with Gasteiger partial charge in [0, 0.05) is 20.3 Å². The third-order valence-corrected chi connectivity index (χ3v) is 1.82. The fraction of sp³-hybridized carbons (Fsp3) is 0.429. The van der Waals surface area contributed by atoms with Crippen LogP contribution in [0.2, 0.25) is 0 Å². The molecule has 0 fully saturated rings. The average Bonchev–Trinajstić information content (AvgIpc) is 2.72. The zero-order valence-corrected chi connectivity index (χ0v) is 8.05. The van der Waals surface area contributed by atoms with Crippen molar-refractivity contribution in [3.63, 3.8) is 0 Å². The molecule has 7 heteroatoms. The number of nitrogens with zero attached hydrogens (tertiary/aromatic N) is 6. The number of anilines is 1. The van der Waals surface area contributed by atoms with Gasteiger partial charge < -0.3 is 5.32 Å². The van der Waals surface area contributed by atoms with Crippen LogP contribution in [0.25, 0.3) is 0 Å². The zero-order chi connectivity index (χ0) is 9.97. The molecule has 0 spiro atoms. The maximum Gasteiger partial charge on any atom is 0.242 e. The van der Waals surface area contributed by atoms with Gasteiger partial charge in [-0.2, -0.15) is 5.10 Å². The van der Waals surface area contributed by atoms with Gasteiger partial charge in [-0.05, 0) is 16.5 Å². The number of rotatable bonds is 3. The standard InChI is InChI=1S/C7H11N7/c1-13-4-3-6(10-13)5-8-7-9-11-12-14(7)2/h3-4H,5H2,1-2H3,(H,8,9,12). The molecule has 74 valence electrons. The molecule has 0 unspecified atom stereocenters. The van der Waals surface area contributed by atoms with E-state index in [0.717, 1.165) is 5.69 Å². The summed E-state index contributed by atoms with van der Waals surface area (Å²) in [5.41, 5.74) is 0.954. The average molecular weight is 193 g/mol. The molecule has 1 N–H and O–H groups in total. The van der Waals surface area contributed by atoms with E-state index in [-0.39, 0.29) is 0 Å². The van der Waals surface area contributed by atoms with E-state index in [1.54, 1.807) is 16.4 Å². The van der Waals surface area contributed by atoms with E-state index in [0.29, 0.717) is 12.5 Å². The Morgan fingerprint density at radius 2 is 2.29 bits per heavy atom. The largest absolute Gasteiger partial charge is 0.347 e. The molecular formula is C7H11N7. The van der Waals surface area contributed by atoms with Crippen LogP contribution in [-0.4, -0.2) is 30.0 Å². The van der Waals surface area contributed by atoms with E-state index < -0.39 is 0 Å².